The number of rotatable bonds is 7. The molecule has 1 aromatic carbocycles. The summed E-state index contributed by atoms with van der Waals surface area (Å²) in [6.45, 7) is 0.550. The Kier molecular flexibility index (Phi) is 6.70. The molecular weight excluding hydrogens is 466 g/mol. The number of hydrogen-bond donors (Lipinski definition) is 2. The number of benzene rings is 1. The standard InChI is InChI=1S/C20H21F4N5O3S/c1-29-6-5-11(10(21)7-29)26-12-4-2-3-9-14(15(22)18(23)24)17(33-16(9)12)19-27-13(32-28-19)8-31-20(25)30/h2-4,10-11,15,18,26H,5-8H2,1H3,(H2,25,30). The van der Waals surface area contributed by atoms with E-state index in [0.29, 0.717) is 23.4 Å². The van der Waals surface area contributed by atoms with Gasteiger partial charge in [-0.15, -0.1) is 11.3 Å². The Balaban J connectivity index is 1.74. The SMILES string of the molecule is CN1CCC(Nc2cccc3c(C(F)C(F)F)c(-c4noc(COC(N)=O)n4)sc23)C(F)C1. The van der Waals surface area contributed by atoms with Crippen molar-refractivity contribution in [2.45, 2.75) is 37.8 Å². The normalized spacial score (nSPS) is 20.3. The van der Waals surface area contributed by atoms with Crippen molar-refractivity contribution in [3.63, 3.8) is 0 Å². The zero-order valence-corrected chi connectivity index (χ0v) is 18.3. The molecule has 1 aliphatic heterocycles. The number of piperidine rings is 1. The third-order valence-corrected chi connectivity index (χ3v) is 6.60. The third-order valence-electron chi connectivity index (χ3n) is 5.35. The maximum atomic E-state index is 14.7. The predicted molar refractivity (Wildman–Crippen MR) is 114 cm³/mol. The molecule has 3 unspecified atom stereocenters. The summed E-state index contributed by atoms with van der Waals surface area (Å²) in [6, 6.07) is 4.33. The number of alkyl halides is 4. The van der Waals surface area contributed by atoms with Crippen molar-refractivity contribution in [3.05, 3.63) is 29.7 Å². The zero-order valence-electron chi connectivity index (χ0n) is 17.4. The molecule has 0 aliphatic carbocycles. The number of thiophene rings is 1. The summed E-state index contributed by atoms with van der Waals surface area (Å²) in [4.78, 5) is 16.7. The second-order valence-corrected chi connectivity index (χ2v) is 8.72. The molecule has 33 heavy (non-hydrogen) atoms. The van der Waals surface area contributed by atoms with Crippen LogP contribution in [0.5, 0.6) is 0 Å². The van der Waals surface area contributed by atoms with Crippen molar-refractivity contribution >= 4 is 33.2 Å². The van der Waals surface area contributed by atoms with E-state index in [1.165, 1.54) is 6.07 Å². The number of carbonyl (C=O) groups excluding carboxylic acids is 1. The number of nitrogens with two attached hydrogens (primary N) is 1. The van der Waals surface area contributed by atoms with Crippen molar-refractivity contribution in [3.8, 4) is 10.7 Å². The van der Waals surface area contributed by atoms with E-state index < -0.39 is 37.5 Å². The van der Waals surface area contributed by atoms with Gasteiger partial charge in [0, 0.05) is 24.0 Å². The maximum Gasteiger partial charge on any atom is 0.405 e. The molecule has 1 fully saturated rings. The van der Waals surface area contributed by atoms with Gasteiger partial charge in [-0.2, -0.15) is 4.98 Å². The number of ether oxygens (including phenoxy) is 1. The number of nitrogens with zero attached hydrogens (tertiary/aromatic N) is 3. The van der Waals surface area contributed by atoms with Gasteiger partial charge in [0.1, 0.15) is 6.17 Å². The molecule has 0 bridgehead atoms. The lowest BCUT2D eigenvalue weighted by atomic mass is 10.0. The highest BCUT2D eigenvalue weighted by Gasteiger charge is 2.33. The van der Waals surface area contributed by atoms with Gasteiger partial charge in [0.2, 0.25) is 5.82 Å². The molecule has 8 nitrogen and oxygen atoms in total. The van der Waals surface area contributed by atoms with Gasteiger partial charge in [-0.05, 0) is 19.5 Å². The highest BCUT2D eigenvalue weighted by Crippen LogP contribution is 2.46. The minimum absolute atomic E-state index is 0.0429. The van der Waals surface area contributed by atoms with Gasteiger partial charge >= 0.3 is 6.09 Å². The molecule has 1 aliphatic rings. The average Bonchev–Trinajstić information content (AvgIpc) is 3.38. The van der Waals surface area contributed by atoms with E-state index in [0.717, 1.165) is 11.3 Å². The number of fused-ring (bicyclic) bond motifs is 1. The molecule has 3 atom stereocenters. The van der Waals surface area contributed by atoms with Crippen molar-refractivity contribution in [1.29, 1.82) is 0 Å². The van der Waals surface area contributed by atoms with Gasteiger partial charge < -0.3 is 25.2 Å². The molecular formula is C20H21F4N5O3S. The van der Waals surface area contributed by atoms with Crippen molar-refractivity contribution in [1.82, 2.24) is 15.0 Å². The quantitative estimate of drug-likeness (QED) is 0.479. The smallest absolute Gasteiger partial charge is 0.405 e. The Labute approximate surface area is 189 Å². The van der Waals surface area contributed by atoms with Crippen LogP contribution in [0.1, 0.15) is 24.0 Å². The minimum Gasteiger partial charge on any atom is -0.440 e. The monoisotopic (exact) mass is 487 g/mol. The largest absolute Gasteiger partial charge is 0.440 e. The predicted octanol–water partition coefficient (Wildman–Crippen LogP) is 4.28. The number of likely N-dealkylation sites (tertiary alicyclic amines) is 1. The van der Waals surface area contributed by atoms with Crippen LogP contribution in [0, 0.1) is 0 Å². The first-order chi connectivity index (χ1) is 15.7. The number of hydrogen-bond acceptors (Lipinski definition) is 8. The minimum atomic E-state index is -3.29. The second kappa shape index (κ2) is 9.51. The Morgan fingerprint density at radius 1 is 1.42 bits per heavy atom. The molecule has 2 aromatic heterocycles. The molecule has 4 rings (SSSR count). The first-order valence-electron chi connectivity index (χ1n) is 10.1. The van der Waals surface area contributed by atoms with Crippen LogP contribution in [-0.4, -0.2) is 59.9 Å². The van der Waals surface area contributed by atoms with E-state index in [1.54, 1.807) is 12.1 Å². The lowest BCUT2D eigenvalue weighted by Crippen LogP contribution is -2.46. The van der Waals surface area contributed by atoms with E-state index in [1.807, 2.05) is 11.9 Å². The number of halogens is 4. The molecule has 1 saturated heterocycles. The van der Waals surface area contributed by atoms with Crippen LogP contribution in [0.25, 0.3) is 20.8 Å². The summed E-state index contributed by atoms with van der Waals surface area (Å²) in [6.07, 6.45) is -7.53. The van der Waals surface area contributed by atoms with Crippen LogP contribution in [-0.2, 0) is 11.3 Å². The Bertz CT molecular complexity index is 1140. The van der Waals surface area contributed by atoms with Crippen molar-refractivity contribution in [2.24, 2.45) is 5.73 Å². The van der Waals surface area contributed by atoms with E-state index >= 15 is 0 Å². The van der Waals surface area contributed by atoms with Crippen molar-refractivity contribution < 1.29 is 31.6 Å². The van der Waals surface area contributed by atoms with Crippen LogP contribution in [0.2, 0.25) is 0 Å². The number of nitrogens with one attached hydrogen (secondary N) is 1. The highest BCUT2D eigenvalue weighted by atomic mass is 32.1. The molecule has 13 heteroatoms. The van der Waals surface area contributed by atoms with Gasteiger partial charge in [-0.1, -0.05) is 17.3 Å². The van der Waals surface area contributed by atoms with Crippen LogP contribution >= 0.6 is 11.3 Å². The molecule has 0 spiro atoms. The maximum absolute atomic E-state index is 14.7. The summed E-state index contributed by atoms with van der Waals surface area (Å²) < 4.78 is 66.1. The van der Waals surface area contributed by atoms with Gasteiger partial charge in [0.15, 0.2) is 12.8 Å². The molecule has 3 aromatic rings. The molecule has 0 saturated carbocycles. The van der Waals surface area contributed by atoms with Gasteiger partial charge in [-0.3, -0.25) is 0 Å². The summed E-state index contributed by atoms with van der Waals surface area (Å²) in [5, 5.41) is 7.12. The zero-order chi connectivity index (χ0) is 23.7. The number of anilines is 1. The first-order valence-corrected chi connectivity index (χ1v) is 10.9. The molecule has 3 heterocycles. The molecule has 0 radical (unpaired) electrons. The highest BCUT2D eigenvalue weighted by molar-refractivity contribution is 7.23. The summed E-state index contributed by atoms with van der Waals surface area (Å²) in [5.74, 6) is -0.268. The summed E-state index contributed by atoms with van der Waals surface area (Å²) >= 11 is 0.991. The van der Waals surface area contributed by atoms with E-state index in [4.69, 9.17) is 10.3 Å². The Morgan fingerprint density at radius 2 is 2.21 bits per heavy atom. The summed E-state index contributed by atoms with van der Waals surface area (Å²) in [5.41, 5.74) is 5.12. The lowest BCUT2D eigenvalue weighted by molar-refractivity contribution is 0.0507. The molecule has 178 valence electrons. The van der Waals surface area contributed by atoms with Gasteiger partial charge in [-0.25, -0.2) is 22.4 Å². The Morgan fingerprint density at radius 3 is 2.91 bits per heavy atom. The fourth-order valence-electron chi connectivity index (χ4n) is 3.78. The fraction of sp³-hybridized carbons (Fsp3) is 0.450. The lowest BCUT2D eigenvalue weighted by Gasteiger charge is -2.33. The Hall–Kier alpha value is -2.93. The van der Waals surface area contributed by atoms with Gasteiger partial charge in [0.25, 0.3) is 12.3 Å². The van der Waals surface area contributed by atoms with Crippen molar-refractivity contribution in [2.75, 3.05) is 25.5 Å². The van der Waals surface area contributed by atoms with E-state index in [-0.39, 0.29) is 34.1 Å². The van der Waals surface area contributed by atoms with E-state index in [9.17, 15) is 22.4 Å². The number of primary amides is 1. The molecule has 1 amide bonds. The van der Waals surface area contributed by atoms with Crippen LogP contribution in [0.4, 0.5) is 28.0 Å². The number of aromatic nitrogens is 2. The van der Waals surface area contributed by atoms with Gasteiger partial charge in [0.05, 0.1) is 21.3 Å². The van der Waals surface area contributed by atoms with Crippen LogP contribution in [0.3, 0.4) is 0 Å². The fourth-order valence-corrected chi connectivity index (χ4v) is 5.01. The average molecular weight is 487 g/mol. The number of amides is 1. The van der Waals surface area contributed by atoms with Crippen LogP contribution < -0.4 is 11.1 Å². The second-order valence-electron chi connectivity index (χ2n) is 7.70. The summed E-state index contributed by atoms with van der Waals surface area (Å²) in [7, 11) is 1.83. The van der Waals surface area contributed by atoms with E-state index in [2.05, 4.69) is 20.2 Å². The number of carbonyl (C=O) groups is 1. The first kappa shape index (κ1) is 23.2. The molecule has 3 N–H and O–H groups in total. The third kappa shape index (κ3) is 4.88. The topological polar surface area (TPSA) is 107 Å². The van der Waals surface area contributed by atoms with Crippen LogP contribution in [0.15, 0.2) is 22.7 Å².